The normalized spacial score (nSPS) is 10.5. The van der Waals surface area contributed by atoms with Crippen molar-refractivity contribution in [2.75, 3.05) is 5.32 Å². The molecule has 4 nitrogen and oxygen atoms in total. The molecule has 0 atom stereocenters. The van der Waals surface area contributed by atoms with Gasteiger partial charge in [-0.15, -0.1) is 0 Å². The number of rotatable bonds is 4. The molecule has 0 unspecified atom stereocenters. The summed E-state index contributed by atoms with van der Waals surface area (Å²) in [6.45, 7) is 2.92. The van der Waals surface area contributed by atoms with Crippen molar-refractivity contribution in [3.05, 3.63) is 35.9 Å². The van der Waals surface area contributed by atoms with Crippen LogP contribution in [-0.2, 0) is 20.0 Å². The van der Waals surface area contributed by atoms with Gasteiger partial charge in [-0.1, -0.05) is 6.92 Å². The minimum absolute atomic E-state index is 0.811. The SMILES string of the molecule is CCc1nn(C)cc1NCc1ccc[nH]1. The lowest BCUT2D eigenvalue weighted by Crippen LogP contribution is -2.00. The van der Waals surface area contributed by atoms with Gasteiger partial charge in [0.2, 0.25) is 0 Å². The van der Waals surface area contributed by atoms with E-state index in [2.05, 4.69) is 28.4 Å². The quantitative estimate of drug-likeness (QED) is 0.799. The molecule has 0 aromatic carbocycles. The van der Waals surface area contributed by atoms with Crippen LogP contribution < -0.4 is 5.32 Å². The molecule has 4 heteroatoms. The first-order chi connectivity index (χ1) is 7.29. The van der Waals surface area contributed by atoms with Crippen molar-refractivity contribution in [1.82, 2.24) is 14.8 Å². The van der Waals surface area contributed by atoms with Gasteiger partial charge >= 0.3 is 0 Å². The van der Waals surface area contributed by atoms with Crippen molar-refractivity contribution >= 4 is 5.69 Å². The third-order valence-corrected chi connectivity index (χ3v) is 2.37. The van der Waals surface area contributed by atoms with E-state index in [-0.39, 0.29) is 0 Å². The molecule has 0 bridgehead atoms. The van der Waals surface area contributed by atoms with Gasteiger partial charge in [0.15, 0.2) is 0 Å². The van der Waals surface area contributed by atoms with E-state index >= 15 is 0 Å². The van der Waals surface area contributed by atoms with Crippen LogP contribution in [0.3, 0.4) is 0 Å². The summed E-state index contributed by atoms with van der Waals surface area (Å²) in [7, 11) is 1.94. The Morgan fingerprint density at radius 1 is 1.53 bits per heavy atom. The van der Waals surface area contributed by atoms with Gasteiger partial charge in [-0.3, -0.25) is 4.68 Å². The van der Waals surface area contributed by atoms with E-state index in [1.807, 2.05) is 30.2 Å². The molecule has 15 heavy (non-hydrogen) atoms. The summed E-state index contributed by atoms with van der Waals surface area (Å²) in [6, 6.07) is 4.07. The Labute approximate surface area is 89.3 Å². The second-order valence-corrected chi connectivity index (χ2v) is 3.57. The fourth-order valence-electron chi connectivity index (χ4n) is 1.61. The first-order valence-corrected chi connectivity index (χ1v) is 5.18. The molecule has 0 spiro atoms. The highest BCUT2D eigenvalue weighted by molar-refractivity contribution is 5.46. The fraction of sp³-hybridized carbons (Fsp3) is 0.364. The molecule has 0 saturated carbocycles. The van der Waals surface area contributed by atoms with Crippen LogP contribution in [0.4, 0.5) is 5.69 Å². The van der Waals surface area contributed by atoms with E-state index in [1.165, 1.54) is 5.69 Å². The molecule has 2 heterocycles. The topological polar surface area (TPSA) is 45.6 Å². The molecule has 0 aliphatic heterocycles. The van der Waals surface area contributed by atoms with Crippen LogP contribution in [0.2, 0.25) is 0 Å². The highest BCUT2D eigenvalue weighted by Gasteiger charge is 2.04. The summed E-state index contributed by atoms with van der Waals surface area (Å²) in [5.74, 6) is 0. The van der Waals surface area contributed by atoms with E-state index < -0.39 is 0 Å². The van der Waals surface area contributed by atoms with Crippen molar-refractivity contribution < 1.29 is 0 Å². The molecule has 0 radical (unpaired) electrons. The molecule has 80 valence electrons. The Hall–Kier alpha value is -1.71. The number of aromatic amines is 1. The van der Waals surface area contributed by atoms with Crippen LogP contribution in [-0.4, -0.2) is 14.8 Å². The molecule has 0 amide bonds. The zero-order valence-corrected chi connectivity index (χ0v) is 9.12. The van der Waals surface area contributed by atoms with Gasteiger partial charge in [-0.05, 0) is 18.6 Å². The predicted molar refractivity (Wildman–Crippen MR) is 60.7 cm³/mol. The third kappa shape index (κ3) is 2.21. The maximum absolute atomic E-state index is 4.37. The van der Waals surface area contributed by atoms with Crippen molar-refractivity contribution in [3.8, 4) is 0 Å². The van der Waals surface area contributed by atoms with Gasteiger partial charge in [0.05, 0.1) is 17.9 Å². The molecule has 2 rings (SSSR count). The molecular formula is C11H16N4. The van der Waals surface area contributed by atoms with Crippen LogP contribution in [0.25, 0.3) is 0 Å². The lowest BCUT2D eigenvalue weighted by Gasteiger charge is -2.03. The second kappa shape index (κ2) is 4.21. The minimum atomic E-state index is 0.811. The van der Waals surface area contributed by atoms with Crippen LogP contribution in [0.15, 0.2) is 24.5 Å². The number of H-pyrrole nitrogens is 1. The zero-order chi connectivity index (χ0) is 10.7. The van der Waals surface area contributed by atoms with Gasteiger partial charge in [0.1, 0.15) is 0 Å². The van der Waals surface area contributed by atoms with Crippen molar-refractivity contribution in [1.29, 1.82) is 0 Å². The van der Waals surface area contributed by atoms with Gasteiger partial charge in [-0.25, -0.2) is 0 Å². The minimum Gasteiger partial charge on any atom is -0.377 e. The van der Waals surface area contributed by atoms with Crippen LogP contribution >= 0.6 is 0 Å². The molecule has 2 aromatic rings. The number of aryl methyl sites for hydroxylation is 2. The van der Waals surface area contributed by atoms with Gasteiger partial charge < -0.3 is 10.3 Å². The number of nitrogens with one attached hydrogen (secondary N) is 2. The Morgan fingerprint density at radius 2 is 2.40 bits per heavy atom. The predicted octanol–water partition coefficient (Wildman–Crippen LogP) is 1.92. The van der Waals surface area contributed by atoms with E-state index in [9.17, 15) is 0 Å². The van der Waals surface area contributed by atoms with E-state index in [1.54, 1.807) is 0 Å². The number of aromatic nitrogens is 3. The Balaban J connectivity index is 2.04. The summed E-state index contributed by atoms with van der Waals surface area (Å²) in [5, 5.41) is 7.75. The smallest absolute Gasteiger partial charge is 0.0853 e. The van der Waals surface area contributed by atoms with Gasteiger partial charge in [0, 0.05) is 25.1 Å². The number of hydrogen-bond acceptors (Lipinski definition) is 2. The van der Waals surface area contributed by atoms with Crippen LogP contribution in [0.5, 0.6) is 0 Å². The van der Waals surface area contributed by atoms with E-state index in [4.69, 9.17) is 0 Å². The molecule has 0 fully saturated rings. The van der Waals surface area contributed by atoms with E-state index in [0.717, 1.165) is 24.3 Å². The first-order valence-electron chi connectivity index (χ1n) is 5.18. The zero-order valence-electron chi connectivity index (χ0n) is 9.12. The van der Waals surface area contributed by atoms with Crippen molar-refractivity contribution in [2.45, 2.75) is 19.9 Å². The summed E-state index contributed by atoms with van der Waals surface area (Å²) >= 11 is 0. The van der Waals surface area contributed by atoms with Crippen molar-refractivity contribution in [2.24, 2.45) is 7.05 Å². The Morgan fingerprint density at radius 3 is 3.07 bits per heavy atom. The summed E-state index contributed by atoms with van der Waals surface area (Å²) in [4.78, 5) is 3.16. The molecule has 2 aromatic heterocycles. The van der Waals surface area contributed by atoms with Gasteiger partial charge in [0.25, 0.3) is 0 Å². The summed E-state index contributed by atoms with van der Waals surface area (Å²) < 4.78 is 1.84. The van der Waals surface area contributed by atoms with Crippen LogP contribution in [0, 0.1) is 0 Å². The molecule has 2 N–H and O–H groups in total. The largest absolute Gasteiger partial charge is 0.377 e. The Kier molecular flexibility index (Phi) is 2.76. The third-order valence-electron chi connectivity index (χ3n) is 2.37. The molecule has 0 aliphatic carbocycles. The summed E-state index contributed by atoms with van der Waals surface area (Å²) in [5.41, 5.74) is 3.42. The van der Waals surface area contributed by atoms with Crippen LogP contribution in [0.1, 0.15) is 18.3 Å². The highest BCUT2D eigenvalue weighted by atomic mass is 15.3. The summed E-state index contributed by atoms with van der Waals surface area (Å²) in [6.07, 6.45) is 4.90. The monoisotopic (exact) mass is 204 g/mol. The lowest BCUT2D eigenvalue weighted by molar-refractivity contribution is 0.746. The number of hydrogen-bond donors (Lipinski definition) is 2. The second-order valence-electron chi connectivity index (χ2n) is 3.57. The molecular weight excluding hydrogens is 188 g/mol. The standard InChI is InChI=1S/C11H16N4/c1-3-10-11(8-15(2)14-10)13-7-9-5-4-6-12-9/h4-6,8,12-13H,3,7H2,1-2H3. The lowest BCUT2D eigenvalue weighted by atomic mass is 10.3. The molecule has 0 aliphatic rings. The first kappa shape index (κ1) is 9.83. The average molecular weight is 204 g/mol. The Bertz CT molecular complexity index is 414. The maximum atomic E-state index is 4.37. The number of anilines is 1. The van der Waals surface area contributed by atoms with Crippen molar-refractivity contribution in [3.63, 3.8) is 0 Å². The fourth-order valence-corrected chi connectivity index (χ4v) is 1.61. The van der Waals surface area contributed by atoms with Gasteiger partial charge in [-0.2, -0.15) is 5.10 Å². The average Bonchev–Trinajstić information content (AvgIpc) is 2.83. The molecule has 0 saturated heterocycles. The maximum Gasteiger partial charge on any atom is 0.0853 e. The van der Waals surface area contributed by atoms with E-state index in [0.29, 0.717) is 0 Å². The highest BCUT2D eigenvalue weighted by Crippen LogP contribution is 2.14. The number of nitrogens with zero attached hydrogens (tertiary/aromatic N) is 2.